The van der Waals surface area contributed by atoms with Crippen LogP contribution in [0.5, 0.6) is 0 Å². The molecular formula is C22H22N6O2S. The predicted molar refractivity (Wildman–Crippen MR) is 121 cm³/mol. The highest BCUT2D eigenvalue weighted by Crippen LogP contribution is 2.29. The van der Waals surface area contributed by atoms with Crippen LogP contribution in [0, 0.1) is 20.8 Å². The largest absolute Gasteiger partial charge is 0.306 e. The first-order chi connectivity index (χ1) is 14.8. The number of carbonyl (C=O) groups excluding carboxylic acids is 1. The standard InChI is InChI=1S/C22H22N6O2S/c1-13-14(2)26-27(4)22(30)18(13)21-24-15(3)19(31-21)20(29)25-17-10-11-23-28(17)12-16-8-6-5-7-9-16/h5-11H,12H2,1-4H3,(H,25,29). The average molecular weight is 435 g/mol. The quantitative estimate of drug-likeness (QED) is 0.520. The molecule has 0 saturated heterocycles. The van der Waals surface area contributed by atoms with Crippen molar-refractivity contribution in [3.8, 4) is 10.6 Å². The summed E-state index contributed by atoms with van der Waals surface area (Å²) in [5, 5.41) is 12.0. The molecule has 0 aliphatic carbocycles. The molecule has 31 heavy (non-hydrogen) atoms. The Labute approximate surface area is 183 Å². The van der Waals surface area contributed by atoms with Crippen molar-refractivity contribution in [2.45, 2.75) is 27.3 Å². The van der Waals surface area contributed by atoms with Crippen molar-refractivity contribution in [3.05, 3.63) is 80.3 Å². The van der Waals surface area contributed by atoms with Crippen molar-refractivity contribution in [2.75, 3.05) is 5.32 Å². The minimum absolute atomic E-state index is 0.232. The number of amides is 1. The van der Waals surface area contributed by atoms with E-state index in [0.717, 1.165) is 16.8 Å². The van der Waals surface area contributed by atoms with Gasteiger partial charge in [0.25, 0.3) is 11.5 Å². The number of nitrogens with one attached hydrogen (secondary N) is 1. The van der Waals surface area contributed by atoms with Crippen LogP contribution in [0.3, 0.4) is 0 Å². The first-order valence-electron chi connectivity index (χ1n) is 9.74. The molecule has 3 heterocycles. The maximum Gasteiger partial charge on any atom is 0.277 e. The van der Waals surface area contributed by atoms with Gasteiger partial charge >= 0.3 is 0 Å². The van der Waals surface area contributed by atoms with E-state index in [0.29, 0.717) is 33.5 Å². The zero-order valence-corrected chi connectivity index (χ0v) is 18.5. The molecule has 0 spiro atoms. The zero-order valence-electron chi connectivity index (χ0n) is 17.7. The Kier molecular flexibility index (Phi) is 5.51. The van der Waals surface area contributed by atoms with Crippen molar-refractivity contribution < 1.29 is 4.79 Å². The van der Waals surface area contributed by atoms with Crippen molar-refractivity contribution in [1.82, 2.24) is 24.5 Å². The number of aromatic nitrogens is 5. The molecule has 1 amide bonds. The highest BCUT2D eigenvalue weighted by Gasteiger charge is 2.21. The van der Waals surface area contributed by atoms with E-state index in [1.807, 2.05) is 44.2 Å². The summed E-state index contributed by atoms with van der Waals surface area (Å²) in [6.45, 7) is 6.00. The molecule has 9 heteroatoms. The molecule has 0 bridgehead atoms. The van der Waals surface area contributed by atoms with E-state index >= 15 is 0 Å². The van der Waals surface area contributed by atoms with E-state index < -0.39 is 0 Å². The van der Waals surface area contributed by atoms with E-state index in [4.69, 9.17) is 0 Å². The SMILES string of the molecule is Cc1nc(-c2c(C)c(C)nn(C)c2=O)sc1C(=O)Nc1ccnn1Cc1ccccc1. The molecule has 0 fully saturated rings. The van der Waals surface area contributed by atoms with Gasteiger partial charge < -0.3 is 5.32 Å². The van der Waals surface area contributed by atoms with Gasteiger partial charge in [0.1, 0.15) is 15.7 Å². The van der Waals surface area contributed by atoms with Crippen LogP contribution >= 0.6 is 11.3 Å². The van der Waals surface area contributed by atoms with Crippen molar-refractivity contribution in [2.24, 2.45) is 7.05 Å². The fourth-order valence-electron chi connectivity index (χ4n) is 3.31. The Hall–Kier alpha value is -3.59. The van der Waals surface area contributed by atoms with Crippen LogP contribution in [0.25, 0.3) is 10.6 Å². The van der Waals surface area contributed by atoms with E-state index in [9.17, 15) is 9.59 Å². The summed E-state index contributed by atoms with van der Waals surface area (Å²) in [6.07, 6.45) is 1.65. The molecule has 1 aromatic carbocycles. The fourth-order valence-corrected chi connectivity index (χ4v) is 4.36. The van der Waals surface area contributed by atoms with Gasteiger partial charge in [0, 0.05) is 13.1 Å². The van der Waals surface area contributed by atoms with E-state index in [1.54, 1.807) is 30.9 Å². The molecule has 0 unspecified atom stereocenters. The minimum atomic E-state index is -0.281. The smallest absolute Gasteiger partial charge is 0.277 e. The lowest BCUT2D eigenvalue weighted by Gasteiger charge is -2.09. The second kappa shape index (κ2) is 8.27. The van der Waals surface area contributed by atoms with Gasteiger partial charge in [0.15, 0.2) is 0 Å². The molecule has 3 aromatic heterocycles. The molecule has 4 rings (SSSR count). The lowest BCUT2D eigenvalue weighted by Crippen LogP contribution is -2.23. The van der Waals surface area contributed by atoms with Crippen LogP contribution < -0.4 is 10.9 Å². The van der Waals surface area contributed by atoms with Crippen LogP contribution in [0.1, 0.15) is 32.2 Å². The Bertz CT molecular complexity index is 1320. The lowest BCUT2D eigenvalue weighted by atomic mass is 10.1. The maximum atomic E-state index is 13.0. The van der Waals surface area contributed by atoms with Crippen molar-refractivity contribution >= 4 is 23.1 Å². The minimum Gasteiger partial charge on any atom is -0.306 e. The lowest BCUT2D eigenvalue weighted by molar-refractivity contribution is 0.102. The number of aryl methyl sites for hydroxylation is 3. The molecular weight excluding hydrogens is 412 g/mol. The number of hydrogen-bond donors (Lipinski definition) is 1. The number of nitrogens with zero attached hydrogens (tertiary/aromatic N) is 5. The Morgan fingerprint density at radius 2 is 1.84 bits per heavy atom. The topological polar surface area (TPSA) is 94.7 Å². The van der Waals surface area contributed by atoms with Gasteiger partial charge in [-0.25, -0.2) is 14.3 Å². The molecule has 8 nitrogen and oxygen atoms in total. The summed E-state index contributed by atoms with van der Waals surface area (Å²) >= 11 is 1.20. The van der Waals surface area contributed by atoms with E-state index in [1.165, 1.54) is 16.0 Å². The predicted octanol–water partition coefficient (Wildman–Crippen LogP) is 3.33. The molecule has 1 N–H and O–H groups in total. The van der Waals surface area contributed by atoms with Gasteiger partial charge in [-0.15, -0.1) is 11.3 Å². The number of carbonyl (C=O) groups is 1. The summed E-state index contributed by atoms with van der Waals surface area (Å²) in [5.74, 6) is 0.311. The Balaban J connectivity index is 1.62. The molecule has 0 radical (unpaired) electrons. The van der Waals surface area contributed by atoms with Gasteiger partial charge in [-0.3, -0.25) is 9.59 Å². The number of rotatable bonds is 5. The molecule has 0 saturated carbocycles. The summed E-state index contributed by atoms with van der Waals surface area (Å²) < 4.78 is 3.03. The van der Waals surface area contributed by atoms with Crippen molar-refractivity contribution in [3.63, 3.8) is 0 Å². The Morgan fingerprint density at radius 1 is 1.10 bits per heavy atom. The number of thiazole rings is 1. The molecule has 0 atom stereocenters. The van der Waals surface area contributed by atoms with Gasteiger partial charge in [-0.2, -0.15) is 10.2 Å². The number of benzene rings is 1. The zero-order chi connectivity index (χ0) is 22.1. The third kappa shape index (κ3) is 4.04. The van der Waals surface area contributed by atoms with Crippen LogP contribution in [-0.2, 0) is 13.6 Å². The van der Waals surface area contributed by atoms with Crippen LogP contribution in [0.2, 0.25) is 0 Å². The van der Waals surface area contributed by atoms with Gasteiger partial charge in [-0.1, -0.05) is 30.3 Å². The van der Waals surface area contributed by atoms with Crippen LogP contribution in [0.15, 0.2) is 47.4 Å². The van der Waals surface area contributed by atoms with Crippen LogP contribution in [-0.4, -0.2) is 30.5 Å². The fraction of sp³-hybridized carbons (Fsp3) is 0.227. The van der Waals surface area contributed by atoms with E-state index in [2.05, 4.69) is 20.5 Å². The monoisotopic (exact) mass is 434 g/mol. The summed E-state index contributed by atoms with van der Waals surface area (Å²) in [7, 11) is 1.61. The number of hydrogen-bond acceptors (Lipinski definition) is 6. The summed E-state index contributed by atoms with van der Waals surface area (Å²) in [6, 6.07) is 11.7. The first-order valence-corrected chi connectivity index (χ1v) is 10.6. The molecule has 158 valence electrons. The van der Waals surface area contributed by atoms with E-state index in [-0.39, 0.29) is 11.5 Å². The highest BCUT2D eigenvalue weighted by atomic mass is 32.1. The first kappa shape index (κ1) is 20.7. The molecule has 4 aromatic rings. The average Bonchev–Trinajstić information content (AvgIpc) is 3.34. The molecule has 0 aliphatic rings. The third-order valence-electron chi connectivity index (χ3n) is 5.08. The summed E-state index contributed by atoms with van der Waals surface area (Å²) in [5.41, 5.74) is 3.42. The normalized spacial score (nSPS) is 11.0. The second-order valence-electron chi connectivity index (χ2n) is 7.26. The third-order valence-corrected chi connectivity index (χ3v) is 6.25. The summed E-state index contributed by atoms with van der Waals surface area (Å²) in [4.78, 5) is 30.6. The second-order valence-corrected chi connectivity index (χ2v) is 8.26. The van der Waals surface area contributed by atoms with Gasteiger partial charge in [0.05, 0.1) is 29.7 Å². The van der Waals surface area contributed by atoms with Gasteiger partial charge in [-0.05, 0) is 31.9 Å². The highest BCUT2D eigenvalue weighted by molar-refractivity contribution is 7.17. The Morgan fingerprint density at radius 3 is 2.58 bits per heavy atom. The van der Waals surface area contributed by atoms with Crippen molar-refractivity contribution in [1.29, 1.82) is 0 Å². The van der Waals surface area contributed by atoms with Gasteiger partial charge in [0.2, 0.25) is 0 Å². The molecule has 0 aliphatic heterocycles. The van der Waals surface area contributed by atoms with Crippen LogP contribution in [0.4, 0.5) is 5.82 Å². The number of anilines is 1. The maximum absolute atomic E-state index is 13.0.